The third-order valence-corrected chi connectivity index (χ3v) is 9.88. The zero-order valence-corrected chi connectivity index (χ0v) is 22.3. The smallest absolute Gasteiger partial charge is 0.274 e. The summed E-state index contributed by atoms with van der Waals surface area (Å²) in [5, 5.41) is 3.37. The highest BCUT2D eigenvalue weighted by Gasteiger charge is 2.31. The van der Waals surface area contributed by atoms with Crippen LogP contribution in [0.4, 0.5) is 4.39 Å². The number of thiophene rings is 1. The molecule has 0 aromatic carbocycles. The highest BCUT2D eigenvalue weighted by Crippen LogP contribution is 2.49. The Hall–Kier alpha value is -3.23. The zero-order valence-electron chi connectivity index (χ0n) is 20.6. The molecular formula is C25H26FN4O4PS. The van der Waals surface area contributed by atoms with Gasteiger partial charge in [-0.25, -0.2) is 4.39 Å². The van der Waals surface area contributed by atoms with Gasteiger partial charge in [0.15, 0.2) is 17.3 Å². The van der Waals surface area contributed by atoms with Crippen molar-refractivity contribution in [2.45, 2.75) is 32.7 Å². The Morgan fingerprint density at radius 1 is 1.31 bits per heavy atom. The minimum Gasteiger partial charge on any atom is -0.451 e. The van der Waals surface area contributed by atoms with E-state index in [2.05, 4.69) is 15.3 Å². The number of fused-ring (bicyclic) bond motifs is 1. The molecule has 11 heteroatoms. The van der Waals surface area contributed by atoms with Gasteiger partial charge in [0.1, 0.15) is 23.0 Å². The van der Waals surface area contributed by atoms with Gasteiger partial charge in [-0.05, 0) is 57.7 Å². The predicted octanol–water partition coefficient (Wildman–Crippen LogP) is 4.68. The van der Waals surface area contributed by atoms with Crippen molar-refractivity contribution in [3.05, 3.63) is 57.6 Å². The number of nitrogens with one attached hydrogen (secondary N) is 2. The third kappa shape index (κ3) is 4.29. The van der Waals surface area contributed by atoms with E-state index in [1.54, 1.807) is 38.5 Å². The summed E-state index contributed by atoms with van der Waals surface area (Å²) in [6, 6.07) is 3.51. The number of aryl methyl sites for hydroxylation is 3. The van der Waals surface area contributed by atoms with Gasteiger partial charge in [0, 0.05) is 36.4 Å². The number of halogens is 1. The fourth-order valence-electron chi connectivity index (χ4n) is 4.06. The Labute approximate surface area is 210 Å². The minimum absolute atomic E-state index is 0.0803. The Bertz CT molecular complexity index is 1620. The van der Waals surface area contributed by atoms with Gasteiger partial charge in [-0.2, -0.15) is 0 Å². The molecule has 0 radical (unpaired) electrons. The fraction of sp³-hybridized carbons (Fsp3) is 0.320. The van der Waals surface area contributed by atoms with Gasteiger partial charge in [0.25, 0.3) is 11.5 Å². The van der Waals surface area contributed by atoms with Crippen molar-refractivity contribution in [1.82, 2.24) is 19.9 Å². The molecule has 0 saturated heterocycles. The average Bonchev–Trinajstić information content (AvgIpc) is 3.38. The lowest BCUT2D eigenvalue weighted by molar-refractivity contribution is 0.0947. The van der Waals surface area contributed by atoms with Crippen LogP contribution in [0, 0.1) is 19.7 Å². The Kier molecular flexibility index (Phi) is 5.92. The maximum absolute atomic E-state index is 15.8. The molecule has 36 heavy (non-hydrogen) atoms. The van der Waals surface area contributed by atoms with Gasteiger partial charge in [0.05, 0.1) is 10.6 Å². The van der Waals surface area contributed by atoms with Crippen molar-refractivity contribution < 1.29 is 18.5 Å². The number of aromatic amines is 1. The quantitative estimate of drug-likeness (QED) is 0.354. The van der Waals surface area contributed by atoms with Crippen molar-refractivity contribution in [1.29, 1.82) is 0 Å². The van der Waals surface area contributed by atoms with E-state index >= 15 is 4.39 Å². The second-order valence-corrected chi connectivity index (χ2v) is 14.0. The zero-order chi connectivity index (χ0) is 25.9. The van der Waals surface area contributed by atoms with E-state index in [9.17, 15) is 14.2 Å². The summed E-state index contributed by atoms with van der Waals surface area (Å²) in [6.45, 7) is 6.60. The number of H-pyrrole nitrogens is 1. The predicted molar refractivity (Wildman–Crippen MR) is 140 cm³/mol. The highest BCUT2D eigenvalue weighted by molar-refractivity contribution is 7.75. The number of amides is 1. The molecule has 1 aliphatic carbocycles. The molecule has 0 unspecified atom stereocenters. The van der Waals surface area contributed by atoms with Crippen LogP contribution >= 0.6 is 18.5 Å². The summed E-state index contributed by atoms with van der Waals surface area (Å²) in [4.78, 5) is 33.2. The number of ether oxygens (including phenoxy) is 1. The van der Waals surface area contributed by atoms with Crippen LogP contribution in [0.5, 0.6) is 11.5 Å². The molecule has 1 saturated carbocycles. The summed E-state index contributed by atoms with van der Waals surface area (Å²) < 4.78 is 36.4. The first-order chi connectivity index (χ1) is 17.0. The van der Waals surface area contributed by atoms with Gasteiger partial charge < -0.3 is 24.2 Å². The van der Waals surface area contributed by atoms with E-state index in [1.165, 1.54) is 17.9 Å². The van der Waals surface area contributed by atoms with E-state index in [0.717, 1.165) is 29.7 Å². The molecule has 2 N–H and O–H groups in total. The summed E-state index contributed by atoms with van der Waals surface area (Å²) >= 11 is 1.03. The van der Waals surface area contributed by atoms with Crippen LogP contribution in [0.2, 0.25) is 0 Å². The van der Waals surface area contributed by atoms with E-state index < -0.39 is 13.0 Å². The molecule has 0 spiro atoms. The monoisotopic (exact) mass is 528 g/mol. The fourth-order valence-corrected chi connectivity index (χ4v) is 6.66. The largest absolute Gasteiger partial charge is 0.451 e. The van der Waals surface area contributed by atoms with Crippen LogP contribution < -0.4 is 20.2 Å². The van der Waals surface area contributed by atoms with Crippen LogP contribution in [-0.2, 0) is 11.6 Å². The Balaban J connectivity index is 1.75. The van der Waals surface area contributed by atoms with Crippen LogP contribution in [0.25, 0.3) is 21.3 Å². The maximum atomic E-state index is 15.8. The lowest BCUT2D eigenvalue weighted by Crippen LogP contribution is -2.25. The third-order valence-electron chi connectivity index (χ3n) is 6.13. The maximum Gasteiger partial charge on any atom is 0.274 e. The van der Waals surface area contributed by atoms with Crippen LogP contribution in [0.3, 0.4) is 0 Å². The number of nitrogens with zero attached hydrogens (tertiary/aromatic N) is 2. The number of hydrogen-bond donors (Lipinski definition) is 2. The number of hydrogen-bond acceptors (Lipinski definition) is 6. The number of aromatic nitrogens is 3. The number of pyridine rings is 2. The van der Waals surface area contributed by atoms with E-state index in [0.29, 0.717) is 27.3 Å². The van der Waals surface area contributed by atoms with Gasteiger partial charge in [0.2, 0.25) is 0 Å². The molecule has 4 heterocycles. The average molecular weight is 529 g/mol. The summed E-state index contributed by atoms with van der Waals surface area (Å²) in [6.07, 6.45) is 5.09. The second kappa shape index (κ2) is 8.71. The molecule has 1 aliphatic rings. The van der Waals surface area contributed by atoms with Gasteiger partial charge >= 0.3 is 0 Å². The summed E-state index contributed by atoms with van der Waals surface area (Å²) in [5.74, 6) is -0.674. The van der Waals surface area contributed by atoms with Crippen molar-refractivity contribution in [3.63, 3.8) is 0 Å². The highest BCUT2D eigenvalue weighted by atomic mass is 32.1. The molecule has 188 valence electrons. The van der Waals surface area contributed by atoms with Gasteiger partial charge in [-0.1, -0.05) is 0 Å². The van der Waals surface area contributed by atoms with Gasteiger partial charge in [-0.15, -0.1) is 11.3 Å². The number of carbonyl (C=O) groups excluding carboxylic acids is 1. The van der Waals surface area contributed by atoms with Crippen molar-refractivity contribution >= 4 is 39.9 Å². The first-order valence-electron chi connectivity index (χ1n) is 11.5. The van der Waals surface area contributed by atoms with E-state index in [4.69, 9.17) is 4.74 Å². The van der Waals surface area contributed by atoms with Crippen molar-refractivity contribution in [2.24, 2.45) is 7.05 Å². The lowest BCUT2D eigenvalue weighted by Gasteiger charge is -2.12. The molecule has 8 nitrogen and oxygen atoms in total. The molecule has 4 aromatic rings. The Morgan fingerprint density at radius 3 is 2.67 bits per heavy atom. The molecule has 0 atom stereocenters. The normalized spacial score (nSPS) is 13.8. The molecule has 0 aliphatic heterocycles. The standard InChI is InChI=1S/C25H26FN4O4PS/c1-12-8-9-27-13(2)20(12)34-21-18(26)25(35(4,5)33)36-22(21)16-11-30(3)24(32)19-15(16)10-17(29-19)23(31)28-14-6-7-14/h8-11,14,29H,6-7H2,1-5H3,(H,28,31). The molecular weight excluding hydrogens is 502 g/mol. The van der Waals surface area contributed by atoms with Crippen LogP contribution in [0.15, 0.2) is 29.3 Å². The topological polar surface area (TPSA) is 106 Å². The van der Waals surface area contributed by atoms with Crippen LogP contribution in [0.1, 0.15) is 34.6 Å². The number of rotatable bonds is 6. The van der Waals surface area contributed by atoms with E-state index in [-0.39, 0.29) is 39.1 Å². The minimum atomic E-state index is -3.00. The van der Waals surface area contributed by atoms with Crippen LogP contribution in [-0.4, -0.2) is 39.8 Å². The molecule has 1 fully saturated rings. The SMILES string of the molecule is Cc1ccnc(C)c1Oc1c(-c2cn(C)c(=O)c3[nH]c(C(=O)NC4CC4)cc23)sc(P(C)(C)=O)c1F. The summed E-state index contributed by atoms with van der Waals surface area (Å²) in [7, 11) is -1.42. The van der Waals surface area contributed by atoms with Gasteiger partial charge in [-0.3, -0.25) is 14.6 Å². The molecule has 0 bridgehead atoms. The Morgan fingerprint density at radius 2 is 2.03 bits per heavy atom. The summed E-state index contributed by atoms with van der Waals surface area (Å²) in [5.41, 5.74) is 1.98. The lowest BCUT2D eigenvalue weighted by atomic mass is 10.1. The van der Waals surface area contributed by atoms with E-state index in [1.807, 2.05) is 6.92 Å². The first-order valence-corrected chi connectivity index (χ1v) is 14.9. The number of carbonyl (C=O) groups is 1. The second-order valence-electron chi connectivity index (χ2n) is 9.55. The molecule has 5 rings (SSSR count). The molecule has 1 amide bonds. The van der Waals surface area contributed by atoms with Crippen molar-refractivity contribution in [3.8, 4) is 21.9 Å². The van der Waals surface area contributed by atoms with Crippen molar-refractivity contribution in [2.75, 3.05) is 13.3 Å². The molecule has 4 aromatic heterocycles. The first kappa shape index (κ1) is 24.5.